The van der Waals surface area contributed by atoms with Crippen molar-refractivity contribution >= 4 is 33.4 Å². The summed E-state index contributed by atoms with van der Waals surface area (Å²) in [5, 5.41) is 0. The van der Waals surface area contributed by atoms with Crippen LogP contribution in [0.15, 0.2) is 47.1 Å². The Morgan fingerprint density at radius 3 is 2.58 bits per heavy atom. The molecule has 1 heterocycles. The molecule has 2 aromatic rings. The summed E-state index contributed by atoms with van der Waals surface area (Å²) in [6, 6.07) is 11.2. The van der Waals surface area contributed by atoms with Crippen LogP contribution in [0.5, 0.6) is 0 Å². The van der Waals surface area contributed by atoms with Crippen molar-refractivity contribution < 1.29 is 9.53 Å². The van der Waals surface area contributed by atoms with Crippen LogP contribution >= 0.6 is 15.9 Å². The second-order valence-corrected chi connectivity index (χ2v) is 4.82. The molecule has 5 heteroatoms. The smallest absolute Gasteiger partial charge is 0.341 e. The van der Waals surface area contributed by atoms with Crippen molar-refractivity contribution in [1.82, 2.24) is 4.98 Å². The summed E-state index contributed by atoms with van der Waals surface area (Å²) in [5.41, 5.74) is 1.38. The molecule has 1 aromatic carbocycles. The van der Waals surface area contributed by atoms with Gasteiger partial charge in [0.25, 0.3) is 0 Å². The molecule has 19 heavy (non-hydrogen) atoms. The summed E-state index contributed by atoms with van der Waals surface area (Å²) in [5.74, 6) is 0.170. The van der Waals surface area contributed by atoms with Crippen LogP contribution in [0.2, 0.25) is 0 Å². The van der Waals surface area contributed by atoms with Crippen LogP contribution in [0.4, 0.5) is 11.5 Å². The van der Waals surface area contributed by atoms with Crippen LogP contribution in [0.25, 0.3) is 0 Å². The molecule has 0 bridgehead atoms. The summed E-state index contributed by atoms with van der Waals surface area (Å²) in [7, 11) is 3.22. The van der Waals surface area contributed by atoms with Crippen LogP contribution in [-0.2, 0) is 4.74 Å². The number of hydrogen-bond donors (Lipinski definition) is 0. The minimum Gasteiger partial charge on any atom is -0.465 e. The number of esters is 1. The largest absolute Gasteiger partial charge is 0.465 e. The zero-order valence-electron chi connectivity index (χ0n) is 10.6. The maximum absolute atomic E-state index is 11.7. The molecular formula is C14H13BrN2O2. The Balaban J connectivity index is 2.41. The van der Waals surface area contributed by atoms with E-state index in [4.69, 9.17) is 4.74 Å². The number of carbonyl (C=O) groups is 1. The number of pyridine rings is 1. The summed E-state index contributed by atoms with van der Waals surface area (Å²) in [6.45, 7) is 0. The van der Waals surface area contributed by atoms with E-state index in [2.05, 4.69) is 20.9 Å². The molecule has 0 fully saturated rings. The highest BCUT2D eigenvalue weighted by Crippen LogP contribution is 2.26. The molecule has 0 spiro atoms. The van der Waals surface area contributed by atoms with Gasteiger partial charge in [-0.2, -0.15) is 0 Å². The minimum atomic E-state index is -0.396. The number of methoxy groups -OCH3 is 1. The van der Waals surface area contributed by atoms with Gasteiger partial charge in [0, 0.05) is 23.4 Å². The molecule has 0 radical (unpaired) electrons. The zero-order valence-corrected chi connectivity index (χ0v) is 12.2. The fraction of sp³-hybridized carbons (Fsp3) is 0.143. The molecular weight excluding hydrogens is 308 g/mol. The third kappa shape index (κ3) is 2.93. The van der Waals surface area contributed by atoms with E-state index in [1.54, 1.807) is 18.3 Å². The van der Waals surface area contributed by atoms with Gasteiger partial charge in [-0.15, -0.1) is 0 Å². The van der Waals surface area contributed by atoms with E-state index in [0.29, 0.717) is 11.4 Å². The van der Waals surface area contributed by atoms with Gasteiger partial charge in [0.05, 0.1) is 7.11 Å². The highest BCUT2D eigenvalue weighted by atomic mass is 79.9. The maximum Gasteiger partial charge on any atom is 0.341 e. The lowest BCUT2D eigenvalue weighted by atomic mass is 10.2. The lowest BCUT2D eigenvalue weighted by molar-refractivity contribution is 0.0601. The number of hydrogen-bond acceptors (Lipinski definition) is 4. The van der Waals surface area contributed by atoms with Crippen LogP contribution < -0.4 is 4.90 Å². The van der Waals surface area contributed by atoms with Crippen molar-refractivity contribution in [2.45, 2.75) is 0 Å². The van der Waals surface area contributed by atoms with Crippen molar-refractivity contribution in [3.05, 3.63) is 52.6 Å². The van der Waals surface area contributed by atoms with Gasteiger partial charge in [-0.1, -0.05) is 15.9 Å². The van der Waals surface area contributed by atoms with Crippen LogP contribution in [0.3, 0.4) is 0 Å². The van der Waals surface area contributed by atoms with E-state index in [1.165, 1.54) is 7.11 Å². The van der Waals surface area contributed by atoms with E-state index in [1.807, 2.05) is 36.2 Å². The van der Waals surface area contributed by atoms with Gasteiger partial charge in [0.15, 0.2) is 0 Å². The summed E-state index contributed by atoms with van der Waals surface area (Å²) >= 11 is 3.39. The molecule has 1 aromatic heterocycles. The third-order valence-electron chi connectivity index (χ3n) is 2.72. The predicted octanol–water partition coefficient (Wildman–Crippen LogP) is 3.40. The number of rotatable bonds is 3. The van der Waals surface area contributed by atoms with E-state index >= 15 is 0 Å². The van der Waals surface area contributed by atoms with Gasteiger partial charge in [-0.25, -0.2) is 9.78 Å². The first-order chi connectivity index (χ1) is 9.13. The van der Waals surface area contributed by atoms with E-state index in [0.717, 1.165) is 10.2 Å². The highest BCUT2D eigenvalue weighted by molar-refractivity contribution is 9.10. The molecule has 0 N–H and O–H groups in total. The van der Waals surface area contributed by atoms with Crippen molar-refractivity contribution in [2.75, 3.05) is 19.1 Å². The van der Waals surface area contributed by atoms with Crippen molar-refractivity contribution in [1.29, 1.82) is 0 Å². The fourth-order valence-electron chi connectivity index (χ4n) is 1.72. The number of benzene rings is 1. The molecule has 0 aliphatic carbocycles. The highest BCUT2D eigenvalue weighted by Gasteiger charge is 2.16. The minimum absolute atomic E-state index is 0.396. The molecule has 98 valence electrons. The summed E-state index contributed by atoms with van der Waals surface area (Å²) < 4.78 is 5.77. The maximum atomic E-state index is 11.7. The number of anilines is 2. The first-order valence-electron chi connectivity index (χ1n) is 5.66. The first kappa shape index (κ1) is 13.5. The molecule has 0 atom stereocenters. The average Bonchev–Trinajstić information content (AvgIpc) is 2.46. The lowest BCUT2D eigenvalue weighted by Gasteiger charge is -2.20. The van der Waals surface area contributed by atoms with Crippen LogP contribution in [0, 0.1) is 0 Å². The number of aromatic nitrogens is 1. The fourth-order valence-corrected chi connectivity index (χ4v) is 1.98. The summed E-state index contributed by atoms with van der Waals surface area (Å²) in [4.78, 5) is 17.8. The van der Waals surface area contributed by atoms with Gasteiger partial charge in [0.1, 0.15) is 11.4 Å². The van der Waals surface area contributed by atoms with E-state index in [9.17, 15) is 4.79 Å². The number of halogens is 1. The molecule has 0 saturated heterocycles. The number of nitrogens with zero attached hydrogens (tertiary/aromatic N) is 2. The molecule has 0 saturated carbocycles. The van der Waals surface area contributed by atoms with Gasteiger partial charge in [0.2, 0.25) is 0 Å². The molecule has 0 aliphatic rings. The Morgan fingerprint density at radius 2 is 1.95 bits per heavy atom. The summed E-state index contributed by atoms with van der Waals surface area (Å²) in [6.07, 6.45) is 1.65. The second kappa shape index (κ2) is 5.84. The first-order valence-corrected chi connectivity index (χ1v) is 6.45. The second-order valence-electron chi connectivity index (χ2n) is 3.90. The predicted molar refractivity (Wildman–Crippen MR) is 77.8 cm³/mol. The van der Waals surface area contributed by atoms with Gasteiger partial charge >= 0.3 is 5.97 Å². The molecule has 0 unspecified atom stereocenters. The Kier molecular flexibility index (Phi) is 4.16. The zero-order chi connectivity index (χ0) is 13.8. The van der Waals surface area contributed by atoms with Crippen LogP contribution in [-0.4, -0.2) is 25.1 Å². The standard InChI is InChI=1S/C14H13BrN2O2/c1-17(11-7-5-10(15)6-8-11)13-12(14(18)19-2)4-3-9-16-13/h3-9H,1-2H3. The number of ether oxygens (including phenoxy) is 1. The van der Waals surface area contributed by atoms with Crippen molar-refractivity contribution in [3.63, 3.8) is 0 Å². The lowest BCUT2D eigenvalue weighted by Crippen LogP contribution is -2.16. The van der Waals surface area contributed by atoms with Crippen molar-refractivity contribution in [2.24, 2.45) is 0 Å². The Bertz CT molecular complexity index is 584. The Labute approximate surface area is 120 Å². The topological polar surface area (TPSA) is 42.4 Å². The quantitative estimate of drug-likeness (QED) is 0.813. The Hall–Kier alpha value is -1.88. The Morgan fingerprint density at radius 1 is 1.26 bits per heavy atom. The van der Waals surface area contributed by atoms with E-state index in [-0.39, 0.29) is 0 Å². The number of carbonyl (C=O) groups excluding carboxylic acids is 1. The van der Waals surface area contributed by atoms with E-state index < -0.39 is 5.97 Å². The van der Waals surface area contributed by atoms with Gasteiger partial charge < -0.3 is 9.64 Å². The van der Waals surface area contributed by atoms with Crippen LogP contribution in [0.1, 0.15) is 10.4 Å². The average molecular weight is 321 g/mol. The van der Waals surface area contributed by atoms with Crippen molar-refractivity contribution in [3.8, 4) is 0 Å². The van der Waals surface area contributed by atoms with Gasteiger partial charge in [-0.3, -0.25) is 0 Å². The third-order valence-corrected chi connectivity index (χ3v) is 3.25. The SMILES string of the molecule is COC(=O)c1cccnc1N(C)c1ccc(Br)cc1. The molecule has 2 rings (SSSR count). The molecule has 0 aliphatic heterocycles. The van der Waals surface area contributed by atoms with Gasteiger partial charge in [-0.05, 0) is 36.4 Å². The monoisotopic (exact) mass is 320 g/mol. The molecule has 4 nitrogen and oxygen atoms in total. The molecule has 0 amide bonds. The normalized spacial score (nSPS) is 10.1.